The Morgan fingerprint density at radius 2 is 1.55 bits per heavy atom. The van der Waals surface area contributed by atoms with E-state index in [1.807, 2.05) is 13.8 Å². The summed E-state index contributed by atoms with van der Waals surface area (Å²) in [5.41, 5.74) is 0.527. The molecule has 156 valence electrons. The van der Waals surface area contributed by atoms with Gasteiger partial charge >= 0.3 is 5.97 Å². The van der Waals surface area contributed by atoms with Crippen LogP contribution in [0, 0.1) is 5.92 Å². The van der Waals surface area contributed by atoms with E-state index in [4.69, 9.17) is 23.7 Å². The van der Waals surface area contributed by atoms with Crippen LogP contribution in [0.2, 0.25) is 0 Å². The molecule has 2 aromatic rings. The normalized spacial score (nSPS) is 10.4. The number of ether oxygens (including phenoxy) is 5. The predicted octanol–water partition coefficient (Wildman–Crippen LogP) is 3.79. The second kappa shape index (κ2) is 10.4. The molecule has 0 aliphatic rings. The van der Waals surface area contributed by atoms with Crippen molar-refractivity contribution in [1.29, 1.82) is 0 Å². The van der Waals surface area contributed by atoms with E-state index in [1.54, 1.807) is 30.3 Å². The zero-order chi connectivity index (χ0) is 21.4. The highest BCUT2D eigenvalue weighted by Gasteiger charge is 2.18. The molecule has 2 aromatic carbocycles. The van der Waals surface area contributed by atoms with E-state index in [2.05, 4.69) is 0 Å². The Bertz CT molecular complexity index is 858. The summed E-state index contributed by atoms with van der Waals surface area (Å²) in [7, 11) is 4.45. The highest BCUT2D eigenvalue weighted by atomic mass is 16.5. The first-order valence-electron chi connectivity index (χ1n) is 9.12. The molecule has 7 nitrogen and oxygen atoms in total. The molecule has 0 N–H and O–H groups in total. The Morgan fingerprint density at radius 3 is 2.17 bits per heavy atom. The maximum atomic E-state index is 12.5. The van der Waals surface area contributed by atoms with Crippen LogP contribution in [0.5, 0.6) is 23.0 Å². The lowest BCUT2D eigenvalue weighted by molar-refractivity contribution is 0.0473. The minimum Gasteiger partial charge on any atom is -0.497 e. The fraction of sp³-hybridized carbons (Fsp3) is 0.364. The van der Waals surface area contributed by atoms with Crippen LogP contribution in [0.4, 0.5) is 0 Å². The third kappa shape index (κ3) is 5.88. The monoisotopic (exact) mass is 402 g/mol. The van der Waals surface area contributed by atoms with Crippen LogP contribution in [0.25, 0.3) is 0 Å². The number of Topliss-reactive ketones (excluding diaryl/α,β-unsaturated/α-hetero) is 1. The van der Waals surface area contributed by atoms with Crippen molar-refractivity contribution in [3.05, 3.63) is 47.5 Å². The van der Waals surface area contributed by atoms with Crippen molar-refractivity contribution in [2.45, 2.75) is 13.8 Å². The lowest BCUT2D eigenvalue weighted by Gasteiger charge is -2.13. The molecule has 0 aromatic heterocycles. The third-order valence-corrected chi connectivity index (χ3v) is 4.01. The van der Waals surface area contributed by atoms with Crippen molar-refractivity contribution in [2.24, 2.45) is 5.92 Å². The molecule has 0 saturated carbocycles. The van der Waals surface area contributed by atoms with Gasteiger partial charge in [-0.1, -0.05) is 13.8 Å². The molecule has 0 spiro atoms. The van der Waals surface area contributed by atoms with E-state index in [-0.39, 0.29) is 11.1 Å². The third-order valence-electron chi connectivity index (χ3n) is 4.01. The van der Waals surface area contributed by atoms with Crippen LogP contribution in [0.15, 0.2) is 36.4 Å². The fourth-order valence-electron chi connectivity index (χ4n) is 2.49. The van der Waals surface area contributed by atoms with Gasteiger partial charge in [-0.3, -0.25) is 4.79 Å². The number of carbonyl (C=O) groups excluding carboxylic acids is 2. The quantitative estimate of drug-likeness (QED) is 0.442. The van der Waals surface area contributed by atoms with E-state index >= 15 is 0 Å². The summed E-state index contributed by atoms with van der Waals surface area (Å²) in [6.45, 7) is 4.16. The smallest absolute Gasteiger partial charge is 0.338 e. The predicted molar refractivity (Wildman–Crippen MR) is 107 cm³/mol. The zero-order valence-electron chi connectivity index (χ0n) is 17.3. The van der Waals surface area contributed by atoms with Crippen LogP contribution in [0.3, 0.4) is 0 Å². The molecule has 0 saturated heterocycles. The lowest BCUT2D eigenvalue weighted by Crippen LogP contribution is -2.15. The summed E-state index contributed by atoms with van der Waals surface area (Å²) in [6.07, 6.45) is 0. The van der Waals surface area contributed by atoms with Gasteiger partial charge in [0.2, 0.25) is 5.78 Å². The van der Waals surface area contributed by atoms with Gasteiger partial charge in [0.15, 0.2) is 18.1 Å². The minimum atomic E-state index is -0.645. The van der Waals surface area contributed by atoms with Crippen molar-refractivity contribution in [2.75, 3.05) is 34.5 Å². The molecule has 2 rings (SSSR count). The van der Waals surface area contributed by atoms with Gasteiger partial charge in [-0.2, -0.15) is 0 Å². The first-order valence-corrected chi connectivity index (χ1v) is 9.12. The summed E-state index contributed by atoms with van der Waals surface area (Å²) in [6, 6.07) is 9.57. The summed E-state index contributed by atoms with van der Waals surface area (Å²) >= 11 is 0. The summed E-state index contributed by atoms with van der Waals surface area (Å²) < 4.78 is 26.5. The van der Waals surface area contributed by atoms with Crippen LogP contribution < -0.4 is 18.9 Å². The number of hydrogen-bond acceptors (Lipinski definition) is 7. The number of carbonyl (C=O) groups is 2. The van der Waals surface area contributed by atoms with E-state index in [9.17, 15) is 9.59 Å². The average molecular weight is 402 g/mol. The Hall–Kier alpha value is -3.22. The van der Waals surface area contributed by atoms with Gasteiger partial charge in [0, 0.05) is 0 Å². The van der Waals surface area contributed by atoms with Crippen molar-refractivity contribution in [3.63, 3.8) is 0 Å². The SMILES string of the molecule is COc1ccc(OC)c(C(=O)COC(=O)c2ccc(OCC(C)C)c(OC)c2)c1. The topological polar surface area (TPSA) is 80.3 Å². The first kappa shape index (κ1) is 22.1. The van der Waals surface area contributed by atoms with Gasteiger partial charge in [-0.05, 0) is 42.3 Å². The van der Waals surface area contributed by atoms with E-state index in [1.165, 1.54) is 27.4 Å². The second-order valence-corrected chi connectivity index (χ2v) is 6.64. The second-order valence-electron chi connectivity index (χ2n) is 6.64. The van der Waals surface area contributed by atoms with E-state index < -0.39 is 18.4 Å². The maximum Gasteiger partial charge on any atom is 0.338 e. The number of rotatable bonds is 10. The van der Waals surface area contributed by atoms with E-state index in [0.717, 1.165) is 0 Å². The molecule has 0 atom stereocenters. The van der Waals surface area contributed by atoms with Crippen LogP contribution in [-0.4, -0.2) is 46.3 Å². The maximum absolute atomic E-state index is 12.5. The molecule has 0 bridgehead atoms. The largest absolute Gasteiger partial charge is 0.497 e. The van der Waals surface area contributed by atoms with Crippen molar-refractivity contribution in [3.8, 4) is 23.0 Å². The van der Waals surface area contributed by atoms with Crippen molar-refractivity contribution >= 4 is 11.8 Å². The summed E-state index contributed by atoms with van der Waals surface area (Å²) in [5.74, 6) is 1.13. The molecule has 29 heavy (non-hydrogen) atoms. The van der Waals surface area contributed by atoms with Crippen LogP contribution in [0.1, 0.15) is 34.6 Å². The van der Waals surface area contributed by atoms with Gasteiger partial charge in [0.1, 0.15) is 11.5 Å². The molecule has 0 unspecified atom stereocenters. The highest BCUT2D eigenvalue weighted by molar-refractivity contribution is 6.01. The van der Waals surface area contributed by atoms with Gasteiger partial charge in [-0.25, -0.2) is 4.79 Å². The number of methoxy groups -OCH3 is 3. The number of ketones is 1. The van der Waals surface area contributed by atoms with Gasteiger partial charge < -0.3 is 23.7 Å². The first-order chi connectivity index (χ1) is 13.9. The number of benzene rings is 2. The molecule has 0 fully saturated rings. The Balaban J connectivity index is 2.08. The van der Waals surface area contributed by atoms with E-state index in [0.29, 0.717) is 35.5 Å². The average Bonchev–Trinajstić information content (AvgIpc) is 2.74. The van der Waals surface area contributed by atoms with Crippen LogP contribution >= 0.6 is 0 Å². The molecular weight excluding hydrogens is 376 g/mol. The summed E-state index contributed by atoms with van der Waals surface area (Å²) in [4.78, 5) is 24.9. The summed E-state index contributed by atoms with van der Waals surface area (Å²) in [5, 5.41) is 0. The lowest BCUT2D eigenvalue weighted by atomic mass is 10.1. The molecule has 0 radical (unpaired) electrons. The zero-order valence-corrected chi connectivity index (χ0v) is 17.3. The molecule has 0 aliphatic carbocycles. The Kier molecular flexibility index (Phi) is 7.88. The van der Waals surface area contributed by atoms with Crippen LogP contribution in [-0.2, 0) is 4.74 Å². The number of hydrogen-bond donors (Lipinski definition) is 0. The van der Waals surface area contributed by atoms with Crippen molar-refractivity contribution in [1.82, 2.24) is 0 Å². The minimum absolute atomic E-state index is 0.254. The molecule has 0 heterocycles. The molecule has 7 heteroatoms. The molecular formula is C22H26O7. The van der Waals surface area contributed by atoms with Gasteiger partial charge in [0.05, 0.1) is 39.1 Å². The Labute approximate surface area is 170 Å². The fourth-order valence-corrected chi connectivity index (χ4v) is 2.49. The van der Waals surface area contributed by atoms with Crippen molar-refractivity contribution < 1.29 is 33.3 Å². The standard InChI is InChI=1S/C22H26O7/c1-14(2)12-28-20-8-6-15(10-21(20)27-5)22(24)29-13-18(23)17-11-16(25-3)7-9-19(17)26-4/h6-11,14H,12-13H2,1-5H3. The van der Waals surface area contributed by atoms with Gasteiger partial charge in [-0.15, -0.1) is 0 Å². The highest BCUT2D eigenvalue weighted by Crippen LogP contribution is 2.29. The number of esters is 1. The van der Waals surface area contributed by atoms with Gasteiger partial charge in [0.25, 0.3) is 0 Å². The molecule has 0 amide bonds. The Morgan fingerprint density at radius 1 is 0.862 bits per heavy atom. The molecule has 0 aliphatic heterocycles.